The first-order valence-corrected chi connectivity index (χ1v) is 12.5. The summed E-state index contributed by atoms with van der Waals surface area (Å²) in [5.41, 5.74) is 1.84. The van der Waals surface area contributed by atoms with E-state index in [1.54, 1.807) is 13.0 Å². The van der Waals surface area contributed by atoms with Crippen molar-refractivity contribution < 1.29 is 17.9 Å². The van der Waals surface area contributed by atoms with E-state index >= 15 is 0 Å². The lowest BCUT2D eigenvalue weighted by Crippen LogP contribution is -2.45. The number of hydrogen-bond donors (Lipinski definition) is 2. The van der Waals surface area contributed by atoms with Crippen molar-refractivity contribution in [3.8, 4) is 5.75 Å². The first-order chi connectivity index (χ1) is 15.7. The standard InChI is InChI=1S/C24H24Cl2N2O4S/c1-3-32-23-10-9-21(11-16(23)2)33(30,31)28-22(12-17-7-5-4-6-8-17)24(29)27-20-14-18(25)13-19(26)15-20/h4-11,13-15,22,28H,3,12H2,1-2H3,(H,27,29)/t22-/m1/s1. The molecule has 0 fully saturated rings. The van der Waals surface area contributed by atoms with E-state index in [-0.39, 0.29) is 11.3 Å². The highest BCUT2D eigenvalue weighted by molar-refractivity contribution is 7.89. The lowest BCUT2D eigenvalue weighted by atomic mass is 10.1. The Morgan fingerprint density at radius 1 is 1.00 bits per heavy atom. The average Bonchev–Trinajstić information content (AvgIpc) is 2.74. The van der Waals surface area contributed by atoms with Crippen LogP contribution in [0.25, 0.3) is 0 Å². The molecule has 0 unspecified atom stereocenters. The van der Waals surface area contributed by atoms with Crippen LogP contribution in [0.3, 0.4) is 0 Å². The number of hydrogen-bond acceptors (Lipinski definition) is 4. The van der Waals surface area contributed by atoms with Crippen LogP contribution in [0.1, 0.15) is 18.1 Å². The highest BCUT2D eigenvalue weighted by atomic mass is 35.5. The van der Waals surface area contributed by atoms with E-state index in [9.17, 15) is 13.2 Å². The molecule has 3 rings (SSSR count). The largest absolute Gasteiger partial charge is 0.494 e. The SMILES string of the molecule is CCOc1ccc(S(=O)(=O)N[C@H](Cc2ccccc2)C(=O)Nc2cc(Cl)cc(Cl)c2)cc1C. The van der Waals surface area contributed by atoms with E-state index < -0.39 is 22.0 Å². The minimum Gasteiger partial charge on any atom is -0.494 e. The predicted octanol–water partition coefficient (Wildman–Crippen LogP) is 5.23. The van der Waals surface area contributed by atoms with Gasteiger partial charge in [0.05, 0.1) is 11.5 Å². The number of aryl methyl sites for hydroxylation is 1. The van der Waals surface area contributed by atoms with Gasteiger partial charge in [0.2, 0.25) is 15.9 Å². The molecule has 0 aliphatic carbocycles. The maximum Gasteiger partial charge on any atom is 0.242 e. The normalized spacial score (nSPS) is 12.2. The Bertz CT molecular complexity index is 1210. The molecular weight excluding hydrogens is 483 g/mol. The van der Waals surface area contributed by atoms with Gasteiger partial charge >= 0.3 is 0 Å². The average molecular weight is 507 g/mol. The fraction of sp³-hybridized carbons (Fsp3) is 0.208. The number of carbonyl (C=O) groups excluding carboxylic acids is 1. The van der Waals surface area contributed by atoms with Gasteiger partial charge in [0.25, 0.3) is 0 Å². The van der Waals surface area contributed by atoms with Crippen molar-refractivity contribution in [2.75, 3.05) is 11.9 Å². The second kappa shape index (κ2) is 11.0. The lowest BCUT2D eigenvalue weighted by molar-refractivity contribution is -0.117. The Balaban J connectivity index is 1.88. The van der Waals surface area contributed by atoms with Crippen molar-refractivity contribution in [1.29, 1.82) is 0 Å². The molecule has 174 valence electrons. The van der Waals surface area contributed by atoms with E-state index in [4.69, 9.17) is 27.9 Å². The van der Waals surface area contributed by atoms with E-state index in [2.05, 4.69) is 10.0 Å². The second-order valence-electron chi connectivity index (χ2n) is 7.37. The van der Waals surface area contributed by atoms with Crippen LogP contribution in [-0.4, -0.2) is 27.0 Å². The summed E-state index contributed by atoms with van der Waals surface area (Å²) in [5.74, 6) is 0.0660. The lowest BCUT2D eigenvalue weighted by Gasteiger charge is -2.19. The Labute approximate surface area is 203 Å². The fourth-order valence-corrected chi connectivity index (χ4v) is 5.06. The van der Waals surface area contributed by atoms with Gasteiger partial charge in [-0.05, 0) is 67.8 Å². The van der Waals surface area contributed by atoms with Gasteiger partial charge in [-0.15, -0.1) is 0 Å². The molecule has 0 aliphatic rings. The van der Waals surface area contributed by atoms with Gasteiger partial charge < -0.3 is 10.1 Å². The molecule has 0 saturated heterocycles. The Kier molecular flexibility index (Phi) is 8.37. The molecule has 2 N–H and O–H groups in total. The fourth-order valence-electron chi connectivity index (χ4n) is 3.25. The van der Waals surface area contributed by atoms with Crippen molar-refractivity contribution in [1.82, 2.24) is 4.72 Å². The van der Waals surface area contributed by atoms with Crippen molar-refractivity contribution in [2.24, 2.45) is 0 Å². The molecule has 6 nitrogen and oxygen atoms in total. The molecule has 1 amide bonds. The van der Waals surface area contributed by atoms with Gasteiger partial charge in [0.1, 0.15) is 11.8 Å². The van der Waals surface area contributed by atoms with Crippen LogP contribution < -0.4 is 14.8 Å². The van der Waals surface area contributed by atoms with Gasteiger partial charge in [-0.3, -0.25) is 4.79 Å². The monoisotopic (exact) mass is 506 g/mol. The zero-order chi connectivity index (χ0) is 24.0. The summed E-state index contributed by atoms with van der Waals surface area (Å²) in [6, 6.07) is 17.3. The molecule has 1 atom stereocenters. The maximum absolute atomic E-state index is 13.1. The summed E-state index contributed by atoms with van der Waals surface area (Å²) < 4.78 is 34.3. The molecule has 3 aromatic rings. The second-order valence-corrected chi connectivity index (χ2v) is 9.96. The number of benzene rings is 3. The van der Waals surface area contributed by atoms with Crippen molar-refractivity contribution in [3.05, 3.63) is 87.9 Å². The molecule has 33 heavy (non-hydrogen) atoms. The Morgan fingerprint density at radius 2 is 1.67 bits per heavy atom. The van der Waals surface area contributed by atoms with Gasteiger partial charge in [0.15, 0.2) is 0 Å². The molecule has 0 saturated carbocycles. The third kappa shape index (κ3) is 6.95. The molecule has 3 aromatic carbocycles. The van der Waals surface area contributed by atoms with Crippen LogP contribution in [0, 0.1) is 6.92 Å². The molecule has 0 heterocycles. The molecule has 0 radical (unpaired) electrons. The molecule has 0 spiro atoms. The highest BCUT2D eigenvalue weighted by Gasteiger charge is 2.27. The molecule has 9 heteroatoms. The third-order valence-corrected chi connectivity index (χ3v) is 6.69. The minimum atomic E-state index is -4.01. The van der Waals surface area contributed by atoms with Gasteiger partial charge in [-0.1, -0.05) is 53.5 Å². The number of halogens is 2. The summed E-state index contributed by atoms with van der Waals surface area (Å²) in [6.07, 6.45) is 0.149. The van der Waals surface area contributed by atoms with Crippen LogP contribution in [0.5, 0.6) is 5.75 Å². The number of sulfonamides is 1. The van der Waals surface area contributed by atoms with Crippen LogP contribution in [0.2, 0.25) is 10.0 Å². The molecule has 0 bridgehead atoms. The molecule has 0 aliphatic heterocycles. The van der Waals surface area contributed by atoms with Crippen LogP contribution >= 0.6 is 23.2 Å². The summed E-state index contributed by atoms with van der Waals surface area (Å²) in [6.45, 7) is 4.09. The highest BCUT2D eigenvalue weighted by Crippen LogP contribution is 2.24. The topological polar surface area (TPSA) is 84.5 Å². The van der Waals surface area contributed by atoms with E-state index in [0.29, 0.717) is 33.7 Å². The van der Waals surface area contributed by atoms with Crippen LogP contribution in [0.4, 0.5) is 5.69 Å². The first kappa shape index (κ1) is 25.1. The maximum atomic E-state index is 13.1. The zero-order valence-electron chi connectivity index (χ0n) is 18.1. The Hall–Kier alpha value is -2.58. The van der Waals surface area contributed by atoms with Crippen molar-refractivity contribution >= 4 is 44.8 Å². The smallest absolute Gasteiger partial charge is 0.242 e. The minimum absolute atomic E-state index is 0.0418. The third-order valence-electron chi connectivity index (χ3n) is 4.78. The number of rotatable bonds is 9. The molecule has 0 aromatic heterocycles. The van der Waals surface area contributed by atoms with E-state index in [0.717, 1.165) is 5.56 Å². The quantitative estimate of drug-likeness (QED) is 0.416. The Morgan fingerprint density at radius 3 is 2.27 bits per heavy atom. The van der Waals surface area contributed by atoms with Crippen LogP contribution in [0.15, 0.2) is 71.6 Å². The summed E-state index contributed by atoms with van der Waals surface area (Å²) >= 11 is 12.0. The zero-order valence-corrected chi connectivity index (χ0v) is 20.5. The van der Waals surface area contributed by atoms with Crippen molar-refractivity contribution in [2.45, 2.75) is 31.2 Å². The summed E-state index contributed by atoms with van der Waals surface area (Å²) in [5, 5.41) is 3.40. The number of carbonyl (C=O) groups is 1. The summed E-state index contributed by atoms with van der Waals surface area (Å²) in [4.78, 5) is 13.2. The summed E-state index contributed by atoms with van der Waals surface area (Å²) in [7, 11) is -4.01. The number of ether oxygens (including phenoxy) is 1. The number of anilines is 1. The van der Waals surface area contributed by atoms with E-state index in [1.165, 1.54) is 30.3 Å². The number of amides is 1. The van der Waals surface area contributed by atoms with Crippen molar-refractivity contribution in [3.63, 3.8) is 0 Å². The van der Waals surface area contributed by atoms with Gasteiger partial charge in [0, 0.05) is 15.7 Å². The van der Waals surface area contributed by atoms with Gasteiger partial charge in [-0.2, -0.15) is 4.72 Å². The first-order valence-electron chi connectivity index (χ1n) is 10.2. The predicted molar refractivity (Wildman–Crippen MR) is 132 cm³/mol. The molecular formula is C24H24Cl2N2O4S. The van der Waals surface area contributed by atoms with Crippen LogP contribution in [-0.2, 0) is 21.2 Å². The number of nitrogens with one attached hydrogen (secondary N) is 2. The van der Waals surface area contributed by atoms with Gasteiger partial charge in [-0.25, -0.2) is 8.42 Å². The van der Waals surface area contributed by atoms with E-state index in [1.807, 2.05) is 37.3 Å².